The van der Waals surface area contributed by atoms with Crippen LogP contribution in [0.15, 0.2) is 12.3 Å². The summed E-state index contributed by atoms with van der Waals surface area (Å²) in [6.45, 7) is 0.127. The van der Waals surface area contributed by atoms with Crippen molar-refractivity contribution in [3.8, 4) is 11.8 Å². The van der Waals surface area contributed by atoms with E-state index in [1.54, 1.807) is 6.08 Å². The summed E-state index contributed by atoms with van der Waals surface area (Å²) in [7, 11) is 2.84. The number of hydrogen-bond donors (Lipinski definition) is 0. The van der Waals surface area contributed by atoms with Gasteiger partial charge >= 0.3 is 5.97 Å². The Hall–Kier alpha value is -1.47. The molecule has 0 aliphatic carbocycles. The van der Waals surface area contributed by atoms with Crippen molar-refractivity contribution in [3.63, 3.8) is 0 Å². The van der Waals surface area contributed by atoms with Gasteiger partial charge in [-0.15, -0.1) is 0 Å². The number of hydrogen-bond acceptors (Lipinski definition) is 4. The minimum absolute atomic E-state index is 0.0703. The molecule has 72 valence electrons. The molecule has 0 aromatic heterocycles. The van der Waals surface area contributed by atoms with Gasteiger partial charge in [0.05, 0.1) is 20.5 Å². The third-order valence-electron chi connectivity index (χ3n) is 1.01. The van der Waals surface area contributed by atoms with Crippen LogP contribution in [0.5, 0.6) is 0 Å². The maximum absolute atomic E-state index is 10.5. The first-order valence-electron chi connectivity index (χ1n) is 3.62. The molecule has 0 aliphatic rings. The van der Waals surface area contributed by atoms with Gasteiger partial charge in [-0.3, -0.25) is 0 Å². The molecule has 0 aromatic rings. The molecule has 13 heavy (non-hydrogen) atoms. The van der Waals surface area contributed by atoms with Crippen molar-refractivity contribution in [3.05, 3.63) is 12.3 Å². The van der Waals surface area contributed by atoms with Crippen LogP contribution in [0.2, 0.25) is 0 Å². The van der Waals surface area contributed by atoms with Gasteiger partial charge in [-0.05, 0) is 0 Å². The number of rotatable bonds is 4. The fourth-order valence-corrected chi connectivity index (χ4v) is 0.447. The van der Waals surface area contributed by atoms with Crippen LogP contribution in [0, 0.1) is 11.8 Å². The van der Waals surface area contributed by atoms with Gasteiger partial charge in [0.15, 0.2) is 0 Å². The number of methoxy groups -OCH3 is 2. The van der Waals surface area contributed by atoms with E-state index in [0.717, 1.165) is 0 Å². The standard InChI is InChI=1S/C9H12O4/c1-11-6-4-3-5-7-13-8-9(10)12-2/h4,6H,7-8H2,1-2H3. The van der Waals surface area contributed by atoms with E-state index in [0.29, 0.717) is 0 Å². The summed E-state index contributed by atoms with van der Waals surface area (Å²) in [4.78, 5) is 10.5. The third kappa shape index (κ3) is 8.44. The average Bonchev–Trinajstić information content (AvgIpc) is 2.16. The average molecular weight is 184 g/mol. The molecule has 0 unspecified atom stereocenters. The maximum Gasteiger partial charge on any atom is 0.331 e. The maximum atomic E-state index is 10.5. The Morgan fingerprint density at radius 2 is 2.23 bits per heavy atom. The molecule has 0 saturated carbocycles. The van der Waals surface area contributed by atoms with Crippen LogP contribution in [0.4, 0.5) is 0 Å². The lowest BCUT2D eigenvalue weighted by Gasteiger charge is -1.96. The minimum atomic E-state index is -0.408. The lowest BCUT2D eigenvalue weighted by atomic mass is 10.5. The van der Waals surface area contributed by atoms with Gasteiger partial charge in [0, 0.05) is 6.08 Å². The summed E-state index contributed by atoms with van der Waals surface area (Å²) >= 11 is 0. The zero-order chi connectivity index (χ0) is 9.94. The molecule has 4 heteroatoms. The third-order valence-corrected chi connectivity index (χ3v) is 1.01. The van der Waals surface area contributed by atoms with Gasteiger partial charge in [0.1, 0.15) is 13.2 Å². The lowest BCUT2D eigenvalue weighted by molar-refractivity contribution is -0.145. The van der Waals surface area contributed by atoms with Crippen molar-refractivity contribution in [1.29, 1.82) is 0 Å². The van der Waals surface area contributed by atoms with Crippen LogP contribution >= 0.6 is 0 Å². The molecular weight excluding hydrogens is 172 g/mol. The largest absolute Gasteiger partial charge is 0.504 e. The number of ether oxygens (including phenoxy) is 3. The molecule has 0 bridgehead atoms. The van der Waals surface area contributed by atoms with Crippen molar-refractivity contribution in [2.75, 3.05) is 27.4 Å². The summed E-state index contributed by atoms with van der Waals surface area (Å²) in [5.74, 6) is 4.89. The lowest BCUT2D eigenvalue weighted by Crippen LogP contribution is -2.09. The van der Waals surface area contributed by atoms with Crippen molar-refractivity contribution >= 4 is 5.97 Å². The molecule has 0 rings (SSSR count). The first-order chi connectivity index (χ1) is 6.31. The number of allylic oxidation sites excluding steroid dienone is 1. The SMILES string of the molecule is COC=CC#CCOCC(=O)OC. The Labute approximate surface area is 77.5 Å². The van der Waals surface area contributed by atoms with Crippen molar-refractivity contribution in [2.24, 2.45) is 0 Å². The molecule has 0 fully saturated rings. The predicted molar refractivity (Wildman–Crippen MR) is 46.8 cm³/mol. The smallest absolute Gasteiger partial charge is 0.331 e. The molecule has 0 heterocycles. The summed E-state index contributed by atoms with van der Waals surface area (Å²) < 4.78 is 13.8. The fourth-order valence-electron chi connectivity index (χ4n) is 0.447. The minimum Gasteiger partial charge on any atom is -0.504 e. The van der Waals surface area contributed by atoms with E-state index in [1.807, 2.05) is 0 Å². The molecule has 0 saturated heterocycles. The van der Waals surface area contributed by atoms with Crippen molar-refractivity contribution in [2.45, 2.75) is 0 Å². The van der Waals surface area contributed by atoms with E-state index in [2.05, 4.69) is 21.3 Å². The highest BCUT2D eigenvalue weighted by Crippen LogP contribution is 1.77. The summed E-state index contributed by atoms with van der Waals surface area (Å²) in [5.41, 5.74) is 0. The van der Waals surface area contributed by atoms with Crippen LogP contribution in [0.3, 0.4) is 0 Å². The monoisotopic (exact) mass is 184 g/mol. The second-order valence-corrected chi connectivity index (χ2v) is 1.93. The Kier molecular flexibility index (Phi) is 7.65. The fraction of sp³-hybridized carbons (Fsp3) is 0.444. The molecule has 0 amide bonds. The molecule has 0 N–H and O–H groups in total. The van der Waals surface area contributed by atoms with E-state index in [-0.39, 0.29) is 13.2 Å². The first kappa shape index (κ1) is 11.5. The van der Waals surface area contributed by atoms with E-state index in [4.69, 9.17) is 4.74 Å². The number of esters is 1. The zero-order valence-corrected chi connectivity index (χ0v) is 7.70. The molecule has 0 radical (unpaired) electrons. The van der Waals surface area contributed by atoms with E-state index in [1.165, 1.54) is 20.5 Å². The summed E-state index contributed by atoms with van der Waals surface area (Å²) in [6, 6.07) is 0. The van der Waals surface area contributed by atoms with E-state index in [9.17, 15) is 4.79 Å². The Morgan fingerprint density at radius 1 is 1.46 bits per heavy atom. The van der Waals surface area contributed by atoms with Crippen LogP contribution in [0.1, 0.15) is 0 Å². The molecule has 0 spiro atoms. The molecular formula is C9H12O4. The van der Waals surface area contributed by atoms with Crippen LogP contribution in [-0.4, -0.2) is 33.4 Å². The normalized spacial score (nSPS) is 9.08. The second-order valence-electron chi connectivity index (χ2n) is 1.93. The Bertz CT molecular complexity index is 222. The Morgan fingerprint density at radius 3 is 2.85 bits per heavy atom. The van der Waals surface area contributed by atoms with Gasteiger partial charge in [-0.1, -0.05) is 11.8 Å². The van der Waals surface area contributed by atoms with Gasteiger partial charge in [-0.2, -0.15) is 0 Å². The molecule has 0 aromatic carbocycles. The first-order valence-corrected chi connectivity index (χ1v) is 3.62. The van der Waals surface area contributed by atoms with Gasteiger partial charge in [0.25, 0.3) is 0 Å². The van der Waals surface area contributed by atoms with Gasteiger partial charge in [-0.25, -0.2) is 4.79 Å². The van der Waals surface area contributed by atoms with Crippen LogP contribution in [0.25, 0.3) is 0 Å². The van der Waals surface area contributed by atoms with Gasteiger partial charge in [0.2, 0.25) is 0 Å². The van der Waals surface area contributed by atoms with Crippen LogP contribution in [-0.2, 0) is 19.0 Å². The predicted octanol–water partition coefficient (Wildman–Crippen LogP) is 0.339. The zero-order valence-electron chi connectivity index (χ0n) is 7.70. The number of carbonyl (C=O) groups excluding carboxylic acids is 1. The highest BCUT2D eigenvalue weighted by Gasteiger charge is 1.96. The van der Waals surface area contributed by atoms with E-state index < -0.39 is 5.97 Å². The van der Waals surface area contributed by atoms with Crippen molar-refractivity contribution in [1.82, 2.24) is 0 Å². The highest BCUT2D eigenvalue weighted by molar-refractivity contribution is 5.70. The Balaban J connectivity index is 3.37. The molecule has 0 aliphatic heterocycles. The van der Waals surface area contributed by atoms with Crippen LogP contribution < -0.4 is 0 Å². The summed E-state index contributed by atoms with van der Waals surface area (Å²) in [6.07, 6.45) is 2.99. The highest BCUT2D eigenvalue weighted by atomic mass is 16.6. The topological polar surface area (TPSA) is 44.8 Å². The summed E-state index contributed by atoms with van der Waals surface area (Å²) in [5, 5.41) is 0. The number of carbonyl (C=O) groups is 1. The van der Waals surface area contributed by atoms with E-state index >= 15 is 0 Å². The second kappa shape index (κ2) is 8.62. The van der Waals surface area contributed by atoms with Crippen molar-refractivity contribution < 1.29 is 19.0 Å². The van der Waals surface area contributed by atoms with Gasteiger partial charge < -0.3 is 14.2 Å². The molecule has 4 nitrogen and oxygen atoms in total. The molecule has 0 atom stereocenters. The quantitative estimate of drug-likeness (QED) is 0.273.